The molecule has 13 heteroatoms. The number of aromatic nitrogens is 4. The Hall–Kier alpha value is -5.35. The second kappa shape index (κ2) is 12.7. The summed E-state index contributed by atoms with van der Waals surface area (Å²) in [5, 5.41) is 18.9. The number of nitriles is 1. The zero-order valence-corrected chi connectivity index (χ0v) is 25.2. The van der Waals surface area contributed by atoms with Gasteiger partial charge in [0.2, 0.25) is 5.91 Å². The highest BCUT2D eigenvalue weighted by atomic mass is 16.2. The van der Waals surface area contributed by atoms with Crippen LogP contribution in [0.2, 0.25) is 0 Å². The molecular weight excluding hydrogens is 572 g/mol. The fourth-order valence-electron chi connectivity index (χ4n) is 5.67. The highest BCUT2D eigenvalue weighted by Gasteiger charge is 2.26. The number of urea groups is 1. The molecule has 4 aromatic heterocycles. The summed E-state index contributed by atoms with van der Waals surface area (Å²) in [4.78, 5) is 54.4. The van der Waals surface area contributed by atoms with Crippen LogP contribution in [0.4, 0.5) is 16.2 Å². The average Bonchev–Trinajstić information content (AvgIpc) is 3.45. The Kier molecular flexibility index (Phi) is 8.39. The number of pyridine rings is 3. The second-order valence-electron chi connectivity index (χ2n) is 11.6. The van der Waals surface area contributed by atoms with E-state index in [0.717, 1.165) is 37.0 Å². The number of rotatable bonds is 8. The molecule has 2 saturated heterocycles. The molecule has 13 nitrogen and oxygen atoms in total. The van der Waals surface area contributed by atoms with Gasteiger partial charge >= 0.3 is 6.03 Å². The Morgan fingerprint density at radius 3 is 2.60 bits per heavy atom. The van der Waals surface area contributed by atoms with Gasteiger partial charge in [-0.1, -0.05) is 0 Å². The molecule has 6 rings (SSSR count). The molecule has 0 bridgehead atoms. The van der Waals surface area contributed by atoms with Crippen molar-refractivity contribution in [1.82, 2.24) is 35.1 Å². The van der Waals surface area contributed by atoms with Crippen LogP contribution >= 0.6 is 0 Å². The van der Waals surface area contributed by atoms with Crippen molar-refractivity contribution in [3.63, 3.8) is 0 Å². The standard InChI is InChI=1S/C32H34N10O3/c1-20(2)37-27-14-28(42-11-5-22-13-21(15-33)16-36-30(22)42)35-18-26(27)31(44)38-23-6-9-40(10-7-23)19-24-3-4-25(17-34-24)41-12-8-29(43)39-32(41)45/h3-5,11,13-14,16-18,20,23H,6-10,12,19H2,1-2H3,(H,35,37)(H,38,44)(H,39,43,45). The lowest BCUT2D eigenvalue weighted by atomic mass is 10.0. The number of nitrogens with one attached hydrogen (secondary N) is 3. The molecule has 4 amide bonds. The first kappa shape index (κ1) is 29.7. The van der Waals surface area contributed by atoms with Crippen molar-refractivity contribution in [2.24, 2.45) is 0 Å². The average molecular weight is 607 g/mol. The number of carbonyl (C=O) groups excluding carboxylic acids is 3. The van der Waals surface area contributed by atoms with E-state index in [1.807, 2.05) is 48.9 Å². The van der Waals surface area contributed by atoms with Gasteiger partial charge in [0, 0.05) is 74.7 Å². The van der Waals surface area contributed by atoms with E-state index >= 15 is 0 Å². The van der Waals surface area contributed by atoms with E-state index in [0.29, 0.717) is 47.1 Å². The first-order valence-corrected chi connectivity index (χ1v) is 15.0. The number of hydrogen-bond acceptors (Lipinski definition) is 9. The summed E-state index contributed by atoms with van der Waals surface area (Å²) < 4.78 is 1.84. The highest BCUT2D eigenvalue weighted by Crippen LogP contribution is 2.24. The summed E-state index contributed by atoms with van der Waals surface area (Å²) in [6.07, 6.45) is 8.53. The molecule has 2 fully saturated rings. The van der Waals surface area contributed by atoms with Crippen LogP contribution in [0.3, 0.4) is 0 Å². The van der Waals surface area contributed by atoms with Gasteiger partial charge < -0.3 is 10.6 Å². The topological polar surface area (TPSA) is 161 Å². The highest BCUT2D eigenvalue weighted by molar-refractivity contribution is 6.05. The van der Waals surface area contributed by atoms with Crippen LogP contribution in [-0.2, 0) is 11.3 Å². The summed E-state index contributed by atoms with van der Waals surface area (Å²) in [6, 6.07) is 11.1. The molecule has 0 atom stereocenters. The van der Waals surface area contributed by atoms with Crippen molar-refractivity contribution in [2.45, 2.75) is 51.7 Å². The molecule has 0 saturated carbocycles. The zero-order valence-electron chi connectivity index (χ0n) is 25.2. The number of imide groups is 1. The van der Waals surface area contributed by atoms with Gasteiger partial charge in [-0.2, -0.15) is 5.26 Å². The Morgan fingerprint density at radius 1 is 1.07 bits per heavy atom. The minimum atomic E-state index is -0.425. The molecule has 0 aliphatic carbocycles. The minimum Gasteiger partial charge on any atom is -0.382 e. The maximum Gasteiger partial charge on any atom is 0.328 e. The summed E-state index contributed by atoms with van der Waals surface area (Å²) in [7, 11) is 0. The first-order chi connectivity index (χ1) is 21.8. The summed E-state index contributed by atoms with van der Waals surface area (Å²) in [6.45, 7) is 6.65. The van der Waals surface area contributed by atoms with Gasteiger partial charge in [-0.15, -0.1) is 0 Å². The Balaban J connectivity index is 1.07. The number of anilines is 2. The third kappa shape index (κ3) is 6.61. The van der Waals surface area contributed by atoms with E-state index in [4.69, 9.17) is 0 Å². The Morgan fingerprint density at radius 2 is 1.89 bits per heavy atom. The van der Waals surface area contributed by atoms with Crippen molar-refractivity contribution in [3.05, 3.63) is 71.9 Å². The lowest BCUT2D eigenvalue weighted by molar-refractivity contribution is -0.120. The minimum absolute atomic E-state index is 0.0305. The van der Waals surface area contributed by atoms with Gasteiger partial charge in [-0.05, 0) is 51.0 Å². The van der Waals surface area contributed by atoms with Crippen LogP contribution in [0.1, 0.15) is 54.7 Å². The van der Waals surface area contributed by atoms with E-state index in [2.05, 4.69) is 41.9 Å². The summed E-state index contributed by atoms with van der Waals surface area (Å²) in [5.74, 6) is 0.177. The molecule has 0 aromatic carbocycles. The van der Waals surface area contributed by atoms with Gasteiger partial charge in [-0.3, -0.25) is 34.3 Å². The predicted molar refractivity (Wildman–Crippen MR) is 168 cm³/mol. The SMILES string of the molecule is CC(C)Nc1cc(-n2ccc3cc(C#N)cnc32)ncc1C(=O)NC1CCN(Cc2ccc(N3CCC(=O)NC3=O)cn2)CC1. The molecule has 2 aliphatic heterocycles. The van der Waals surface area contributed by atoms with Crippen LogP contribution < -0.4 is 20.9 Å². The maximum absolute atomic E-state index is 13.5. The number of piperidine rings is 1. The monoisotopic (exact) mass is 606 g/mol. The van der Waals surface area contributed by atoms with Crippen molar-refractivity contribution < 1.29 is 14.4 Å². The quantitative estimate of drug-likeness (QED) is 0.273. The summed E-state index contributed by atoms with van der Waals surface area (Å²) in [5.41, 5.74) is 3.88. The van der Waals surface area contributed by atoms with Crippen molar-refractivity contribution in [3.8, 4) is 11.9 Å². The fraction of sp³-hybridized carbons (Fsp3) is 0.344. The molecule has 230 valence electrons. The Labute approximate surface area is 260 Å². The lowest BCUT2D eigenvalue weighted by Gasteiger charge is -2.32. The lowest BCUT2D eigenvalue weighted by Crippen LogP contribution is -2.49. The van der Waals surface area contributed by atoms with Crippen molar-refractivity contribution in [2.75, 3.05) is 29.9 Å². The predicted octanol–water partition coefficient (Wildman–Crippen LogP) is 3.35. The van der Waals surface area contributed by atoms with Crippen LogP contribution in [0, 0.1) is 11.3 Å². The van der Waals surface area contributed by atoms with E-state index in [1.54, 1.807) is 18.5 Å². The first-order valence-electron chi connectivity index (χ1n) is 15.0. The van der Waals surface area contributed by atoms with E-state index in [1.165, 1.54) is 11.1 Å². The maximum atomic E-state index is 13.5. The number of carbonyl (C=O) groups is 3. The molecule has 0 unspecified atom stereocenters. The number of likely N-dealkylation sites (tertiary alicyclic amines) is 1. The van der Waals surface area contributed by atoms with E-state index in [-0.39, 0.29) is 30.3 Å². The van der Waals surface area contributed by atoms with Crippen molar-refractivity contribution in [1.29, 1.82) is 5.26 Å². The number of fused-ring (bicyclic) bond motifs is 1. The smallest absolute Gasteiger partial charge is 0.328 e. The molecule has 45 heavy (non-hydrogen) atoms. The third-order valence-electron chi connectivity index (χ3n) is 7.96. The number of amides is 4. The van der Waals surface area contributed by atoms with Crippen LogP contribution in [0.5, 0.6) is 0 Å². The molecule has 0 radical (unpaired) electrons. The molecule has 4 aromatic rings. The molecule has 6 heterocycles. The van der Waals surface area contributed by atoms with Crippen molar-refractivity contribution >= 4 is 40.3 Å². The summed E-state index contributed by atoms with van der Waals surface area (Å²) >= 11 is 0. The van der Waals surface area contributed by atoms with Crippen LogP contribution in [0.25, 0.3) is 16.9 Å². The molecular formula is C32H34N10O3. The van der Waals surface area contributed by atoms with Gasteiger partial charge in [0.25, 0.3) is 5.91 Å². The largest absolute Gasteiger partial charge is 0.382 e. The molecule has 0 spiro atoms. The van der Waals surface area contributed by atoms with Gasteiger partial charge in [0.1, 0.15) is 17.5 Å². The van der Waals surface area contributed by atoms with E-state index in [9.17, 15) is 19.6 Å². The van der Waals surface area contributed by atoms with Gasteiger partial charge in [-0.25, -0.2) is 14.8 Å². The Bertz CT molecular complexity index is 1790. The van der Waals surface area contributed by atoms with Gasteiger partial charge in [0.15, 0.2) is 0 Å². The van der Waals surface area contributed by atoms with Crippen LogP contribution in [-0.4, -0.2) is 74.0 Å². The second-order valence-corrected chi connectivity index (χ2v) is 11.6. The van der Waals surface area contributed by atoms with Crippen LogP contribution in [0.15, 0.2) is 55.1 Å². The number of nitrogens with zero attached hydrogens (tertiary/aromatic N) is 7. The molecule has 3 N–H and O–H groups in total. The van der Waals surface area contributed by atoms with E-state index < -0.39 is 6.03 Å². The third-order valence-corrected chi connectivity index (χ3v) is 7.96. The normalized spacial score (nSPS) is 16.1. The zero-order chi connectivity index (χ0) is 31.5. The van der Waals surface area contributed by atoms with Gasteiger partial charge in [0.05, 0.1) is 34.4 Å². The molecule has 2 aliphatic rings. The number of hydrogen-bond donors (Lipinski definition) is 3. The fourth-order valence-corrected chi connectivity index (χ4v) is 5.67.